The molecule has 0 spiro atoms. The van der Waals surface area contributed by atoms with Crippen molar-refractivity contribution in [2.45, 2.75) is 271 Å². The molecule has 0 aromatic carbocycles. The first-order valence-corrected chi connectivity index (χ1v) is 24.8. The van der Waals surface area contributed by atoms with Gasteiger partial charge in [0.25, 0.3) is 0 Å². The number of allylic oxidation sites excluding steroid dienone is 4. The largest absolute Gasteiger partial charge is 0.462 e. The Kier molecular flexibility index (Phi) is 44.9. The van der Waals surface area contributed by atoms with Crippen molar-refractivity contribution >= 4 is 17.9 Å². The van der Waals surface area contributed by atoms with E-state index in [1.165, 1.54) is 180 Å². The van der Waals surface area contributed by atoms with Gasteiger partial charge in [-0.05, 0) is 44.9 Å². The molecule has 0 fully saturated rings. The minimum Gasteiger partial charge on any atom is -0.462 e. The summed E-state index contributed by atoms with van der Waals surface area (Å²) in [4.78, 5) is 37.8. The normalized spacial score (nSPS) is 12.1. The Balaban J connectivity index is 4.41. The molecule has 0 aromatic rings. The summed E-state index contributed by atoms with van der Waals surface area (Å²) in [6, 6.07) is 0. The molecule has 1 atom stereocenters. The van der Waals surface area contributed by atoms with Crippen molar-refractivity contribution in [2.24, 2.45) is 0 Å². The highest BCUT2D eigenvalue weighted by Gasteiger charge is 2.19. The highest BCUT2D eigenvalue weighted by atomic mass is 16.6. The maximum atomic E-state index is 12.7. The lowest BCUT2D eigenvalue weighted by atomic mass is 10.1. The lowest BCUT2D eigenvalue weighted by Gasteiger charge is -2.18. The number of carbonyl (C=O) groups is 3. The Morgan fingerprint density at radius 2 is 0.614 bits per heavy atom. The van der Waals surface area contributed by atoms with Crippen LogP contribution in [0.1, 0.15) is 265 Å². The van der Waals surface area contributed by atoms with Crippen LogP contribution in [0.15, 0.2) is 24.3 Å². The van der Waals surface area contributed by atoms with Gasteiger partial charge in [0.2, 0.25) is 0 Å². The van der Waals surface area contributed by atoms with Gasteiger partial charge in [-0.2, -0.15) is 0 Å². The van der Waals surface area contributed by atoms with Gasteiger partial charge in [0.05, 0.1) is 0 Å². The Bertz CT molecular complexity index is 927. The minimum absolute atomic E-state index is 0.0941. The molecule has 0 aliphatic rings. The van der Waals surface area contributed by atoms with Gasteiger partial charge in [-0.1, -0.05) is 225 Å². The van der Waals surface area contributed by atoms with Crippen LogP contribution in [0, 0.1) is 0 Å². The van der Waals surface area contributed by atoms with E-state index in [4.69, 9.17) is 14.2 Å². The van der Waals surface area contributed by atoms with Gasteiger partial charge in [-0.3, -0.25) is 14.4 Å². The number of ether oxygens (including phenoxy) is 3. The summed E-state index contributed by atoms with van der Waals surface area (Å²) >= 11 is 0. The molecule has 0 heterocycles. The van der Waals surface area contributed by atoms with E-state index in [9.17, 15) is 14.4 Å². The SMILES string of the molecule is CCCCCCCCCCCC=CCCC(=O)OC(COC(=O)CCC=CCCCCCCCCCCCCC)COC(=O)CCCCCCCCCCCCC. The van der Waals surface area contributed by atoms with Crippen molar-refractivity contribution in [3.8, 4) is 0 Å². The molecular weight excluding hydrogens is 709 g/mol. The first kappa shape index (κ1) is 54.9. The number of unbranched alkanes of at least 4 members (excludes halogenated alkanes) is 30. The summed E-state index contributed by atoms with van der Waals surface area (Å²) in [5, 5.41) is 0. The van der Waals surface area contributed by atoms with Crippen LogP contribution >= 0.6 is 0 Å². The molecule has 1 unspecified atom stereocenters. The molecule has 6 heteroatoms. The third-order valence-corrected chi connectivity index (χ3v) is 11.0. The van der Waals surface area contributed by atoms with Crippen LogP contribution in [0.5, 0.6) is 0 Å². The van der Waals surface area contributed by atoms with Gasteiger partial charge in [0.1, 0.15) is 13.2 Å². The maximum absolute atomic E-state index is 12.7. The fourth-order valence-electron chi connectivity index (χ4n) is 7.18. The van der Waals surface area contributed by atoms with Gasteiger partial charge < -0.3 is 14.2 Å². The molecule has 0 N–H and O–H groups in total. The molecule has 0 aromatic heterocycles. The fraction of sp³-hybridized carbons (Fsp3) is 0.863. The third kappa shape index (κ3) is 44.8. The molecular formula is C51H94O6. The summed E-state index contributed by atoms with van der Waals surface area (Å²) in [7, 11) is 0. The predicted octanol–water partition coefficient (Wildman–Crippen LogP) is 16.0. The summed E-state index contributed by atoms with van der Waals surface area (Å²) in [6.45, 7) is 6.58. The van der Waals surface area contributed by atoms with E-state index in [-0.39, 0.29) is 44.0 Å². The standard InChI is InChI=1S/C51H94O6/c1-4-7-10-13-16-19-22-24-25-27-29-32-35-38-41-44-50(53)56-47-48(46-55-49(52)43-40-37-34-31-28-21-18-15-12-9-6-3)57-51(54)45-42-39-36-33-30-26-23-20-17-14-11-8-5-2/h35-36,38-39,48H,4-34,37,40-47H2,1-3H3. The lowest BCUT2D eigenvalue weighted by molar-refractivity contribution is -0.166. The van der Waals surface area contributed by atoms with Gasteiger partial charge in [-0.15, -0.1) is 0 Å². The average Bonchev–Trinajstić information content (AvgIpc) is 3.21. The maximum Gasteiger partial charge on any atom is 0.306 e. The smallest absolute Gasteiger partial charge is 0.306 e. The molecule has 0 amide bonds. The second-order valence-corrected chi connectivity index (χ2v) is 16.7. The summed E-state index contributed by atoms with van der Waals surface area (Å²) in [5.74, 6) is -0.988. The molecule has 0 bridgehead atoms. The monoisotopic (exact) mass is 803 g/mol. The molecule has 0 radical (unpaired) electrons. The molecule has 0 saturated heterocycles. The summed E-state index contributed by atoms with van der Waals surface area (Å²) in [5.41, 5.74) is 0. The number of carbonyl (C=O) groups excluding carboxylic acids is 3. The molecule has 0 aliphatic heterocycles. The number of rotatable bonds is 45. The number of esters is 3. The van der Waals surface area contributed by atoms with Crippen LogP contribution < -0.4 is 0 Å². The van der Waals surface area contributed by atoms with E-state index in [0.717, 1.165) is 32.1 Å². The topological polar surface area (TPSA) is 78.9 Å². The molecule has 57 heavy (non-hydrogen) atoms. The Morgan fingerprint density at radius 1 is 0.333 bits per heavy atom. The Labute approximate surface area is 353 Å². The van der Waals surface area contributed by atoms with Crippen LogP contribution in [0.25, 0.3) is 0 Å². The van der Waals surface area contributed by atoms with E-state index in [0.29, 0.717) is 19.3 Å². The van der Waals surface area contributed by atoms with E-state index in [1.807, 2.05) is 0 Å². The van der Waals surface area contributed by atoms with Crippen molar-refractivity contribution < 1.29 is 28.6 Å². The van der Waals surface area contributed by atoms with E-state index >= 15 is 0 Å². The van der Waals surface area contributed by atoms with Crippen molar-refractivity contribution in [3.05, 3.63) is 24.3 Å². The molecule has 0 rings (SSSR count). The first-order chi connectivity index (χ1) is 28.0. The van der Waals surface area contributed by atoms with Gasteiger partial charge >= 0.3 is 17.9 Å². The van der Waals surface area contributed by atoms with E-state index < -0.39 is 6.10 Å². The molecule has 6 nitrogen and oxygen atoms in total. The van der Waals surface area contributed by atoms with E-state index in [2.05, 4.69) is 45.1 Å². The highest BCUT2D eigenvalue weighted by molar-refractivity contribution is 5.71. The zero-order valence-corrected chi connectivity index (χ0v) is 38.1. The van der Waals surface area contributed by atoms with Crippen molar-refractivity contribution in [3.63, 3.8) is 0 Å². The molecule has 0 aliphatic carbocycles. The highest BCUT2D eigenvalue weighted by Crippen LogP contribution is 2.15. The predicted molar refractivity (Wildman–Crippen MR) is 243 cm³/mol. The Morgan fingerprint density at radius 3 is 0.982 bits per heavy atom. The molecule has 0 saturated carbocycles. The van der Waals surface area contributed by atoms with Crippen LogP contribution in [0.2, 0.25) is 0 Å². The number of hydrogen-bond acceptors (Lipinski definition) is 6. The van der Waals surface area contributed by atoms with Gasteiger partial charge in [0, 0.05) is 19.3 Å². The van der Waals surface area contributed by atoms with Crippen molar-refractivity contribution in [1.82, 2.24) is 0 Å². The summed E-state index contributed by atoms with van der Waals surface area (Å²) < 4.78 is 16.7. The second-order valence-electron chi connectivity index (χ2n) is 16.7. The van der Waals surface area contributed by atoms with Crippen LogP contribution in [0.3, 0.4) is 0 Å². The second kappa shape index (κ2) is 46.6. The van der Waals surface area contributed by atoms with Crippen molar-refractivity contribution in [2.75, 3.05) is 13.2 Å². The van der Waals surface area contributed by atoms with Crippen LogP contribution in [-0.2, 0) is 28.6 Å². The Hall–Kier alpha value is -2.11. The first-order valence-electron chi connectivity index (χ1n) is 24.8. The minimum atomic E-state index is -0.801. The van der Waals surface area contributed by atoms with Crippen molar-refractivity contribution in [1.29, 1.82) is 0 Å². The zero-order valence-electron chi connectivity index (χ0n) is 38.1. The van der Waals surface area contributed by atoms with Gasteiger partial charge in [-0.25, -0.2) is 0 Å². The van der Waals surface area contributed by atoms with Crippen LogP contribution in [-0.4, -0.2) is 37.2 Å². The quantitative estimate of drug-likeness (QED) is 0.0264. The van der Waals surface area contributed by atoms with Crippen LogP contribution in [0.4, 0.5) is 0 Å². The average molecular weight is 803 g/mol. The summed E-state index contributed by atoms with van der Waals surface area (Å²) in [6.07, 6.45) is 51.8. The fourth-order valence-corrected chi connectivity index (χ4v) is 7.18. The third-order valence-electron chi connectivity index (χ3n) is 11.0. The number of hydrogen-bond donors (Lipinski definition) is 0. The molecule has 334 valence electrons. The van der Waals surface area contributed by atoms with E-state index in [1.54, 1.807) is 0 Å². The lowest BCUT2D eigenvalue weighted by Crippen LogP contribution is -2.30. The van der Waals surface area contributed by atoms with Gasteiger partial charge in [0.15, 0.2) is 6.10 Å². The zero-order chi connectivity index (χ0) is 41.5.